The zero-order valence-electron chi connectivity index (χ0n) is 13.6. The second kappa shape index (κ2) is 6.26. The largest absolute Gasteiger partial charge is 0.357 e. The minimum absolute atomic E-state index is 0.399. The molecule has 1 aromatic heterocycles. The summed E-state index contributed by atoms with van der Waals surface area (Å²) in [5, 5.41) is 4.53. The van der Waals surface area contributed by atoms with Crippen molar-refractivity contribution in [3.63, 3.8) is 0 Å². The molecule has 0 aliphatic carbocycles. The molecule has 2 heterocycles. The van der Waals surface area contributed by atoms with Gasteiger partial charge in [0.05, 0.1) is 24.9 Å². The Morgan fingerprint density at radius 3 is 2.55 bits per heavy atom. The maximum Gasteiger partial charge on any atom is 0.0900 e. The summed E-state index contributed by atoms with van der Waals surface area (Å²) in [6.45, 7) is 9.26. The summed E-state index contributed by atoms with van der Waals surface area (Å²) in [4.78, 5) is 4.71. The molecule has 0 fully saturated rings. The van der Waals surface area contributed by atoms with Crippen LogP contribution in [0.25, 0.3) is 0 Å². The molecule has 0 bridgehead atoms. The second-order valence-corrected chi connectivity index (χ2v) is 6.00. The molecule has 3 rings (SSSR count). The van der Waals surface area contributed by atoms with Crippen molar-refractivity contribution >= 4 is 0 Å². The molecule has 2 aromatic rings. The minimum atomic E-state index is 0.399. The third-order valence-corrected chi connectivity index (χ3v) is 4.30. The fraction of sp³-hybridized carbons (Fsp3) is 0.389. The van der Waals surface area contributed by atoms with Gasteiger partial charge in [0.25, 0.3) is 0 Å². The molecule has 0 saturated heterocycles. The molecule has 116 valence electrons. The van der Waals surface area contributed by atoms with Gasteiger partial charge in [-0.2, -0.15) is 5.10 Å². The van der Waals surface area contributed by atoms with Crippen LogP contribution in [0, 0.1) is 13.8 Å². The van der Waals surface area contributed by atoms with Crippen LogP contribution in [-0.2, 0) is 6.54 Å². The normalized spacial score (nSPS) is 15.6. The fourth-order valence-electron chi connectivity index (χ4n) is 2.93. The molecule has 0 radical (unpaired) electrons. The van der Waals surface area contributed by atoms with Gasteiger partial charge in [-0.1, -0.05) is 30.3 Å². The number of rotatable bonds is 5. The van der Waals surface area contributed by atoms with E-state index in [0.29, 0.717) is 6.04 Å². The van der Waals surface area contributed by atoms with Gasteiger partial charge in [-0.3, -0.25) is 4.68 Å². The van der Waals surface area contributed by atoms with Crippen LogP contribution >= 0.6 is 0 Å². The molecule has 1 atom stereocenters. The number of aryl methyl sites for hydroxylation is 2. The number of nitrogens with zero attached hydrogens (tertiary/aromatic N) is 4. The van der Waals surface area contributed by atoms with Gasteiger partial charge in [-0.15, -0.1) is 0 Å². The number of aromatic nitrogens is 2. The molecule has 0 unspecified atom stereocenters. The van der Waals surface area contributed by atoms with Crippen LogP contribution in [0.4, 0.5) is 0 Å². The van der Waals surface area contributed by atoms with Crippen molar-refractivity contribution in [2.45, 2.75) is 33.4 Å². The summed E-state index contributed by atoms with van der Waals surface area (Å²) in [7, 11) is 0. The van der Waals surface area contributed by atoms with Gasteiger partial charge in [0.15, 0.2) is 0 Å². The van der Waals surface area contributed by atoms with Crippen molar-refractivity contribution < 1.29 is 0 Å². The predicted octanol–water partition coefficient (Wildman–Crippen LogP) is 3.31. The van der Waals surface area contributed by atoms with Gasteiger partial charge in [-0.25, -0.2) is 0 Å². The van der Waals surface area contributed by atoms with Crippen molar-refractivity contribution in [1.29, 1.82) is 0 Å². The summed E-state index contributed by atoms with van der Waals surface area (Å²) in [5.41, 5.74) is 3.68. The van der Waals surface area contributed by atoms with E-state index in [1.165, 1.54) is 11.3 Å². The van der Waals surface area contributed by atoms with E-state index < -0.39 is 0 Å². The maximum atomic E-state index is 4.53. The highest BCUT2D eigenvalue weighted by Crippen LogP contribution is 2.23. The Kier molecular flexibility index (Phi) is 4.18. The van der Waals surface area contributed by atoms with Crippen molar-refractivity contribution in [2.24, 2.45) is 0 Å². The summed E-state index contributed by atoms with van der Waals surface area (Å²) in [6.07, 6.45) is 4.38. The lowest BCUT2D eigenvalue weighted by Gasteiger charge is -2.27. The van der Waals surface area contributed by atoms with Gasteiger partial charge in [-0.05, 0) is 32.4 Å². The summed E-state index contributed by atoms with van der Waals surface area (Å²) in [6, 6.07) is 13.2. The third kappa shape index (κ3) is 3.16. The summed E-state index contributed by atoms with van der Waals surface area (Å²) < 4.78 is 2.09. The Balaban J connectivity index is 1.55. The molecule has 0 spiro atoms. The standard InChI is InChI=1S/C18H24N4/c1-15-13-16(2)22(19-15)12-10-20-9-11-21(14-20)17(3)18-7-5-4-6-8-18/h4-9,11,13,17H,10,12,14H2,1-3H3/t17-/m0/s1. The van der Waals surface area contributed by atoms with Crippen LogP contribution in [0.5, 0.6) is 0 Å². The van der Waals surface area contributed by atoms with Gasteiger partial charge in [0, 0.05) is 24.6 Å². The first-order chi connectivity index (χ1) is 10.6. The number of hydrogen-bond donors (Lipinski definition) is 0. The summed E-state index contributed by atoms with van der Waals surface area (Å²) >= 11 is 0. The highest BCUT2D eigenvalue weighted by Gasteiger charge is 2.18. The van der Waals surface area contributed by atoms with Gasteiger partial charge in [0.2, 0.25) is 0 Å². The van der Waals surface area contributed by atoms with Crippen LogP contribution in [-0.4, -0.2) is 32.8 Å². The molecule has 0 saturated carbocycles. The quantitative estimate of drug-likeness (QED) is 0.846. The Labute approximate surface area is 132 Å². The molecule has 22 heavy (non-hydrogen) atoms. The Morgan fingerprint density at radius 1 is 1.09 bits per heavy atom. The van der Waals surface area contributed by atoms with Crippen LogP contribution in [0.2, 0.25) is 0 Å². The van der Waals surface area contributed by atoms with E-state index in [2.05, 4.69) is 82.2 Å². The van der Waals surface area contributed by atoms with Crippen molar-refractivity contribution in [3.05, 3.63) is 65.7 Å². The average molecular weight is 296 g/mol. The molecule has 1 aliphatic rings. The average Bonchev–Trinajstić information content (AvgIpc) is 3.12. The lowest BCUT2D eigenvalue weighted by Crippen LogP contribution is -2.29. The molecule has 4 nitrogen and oxygen atoms in total. The van der Waals surface area contributed by atoms with E-state index in [-0.39, 0.29) is 0 Å². The zero-order valence-corrected chi connectivity index (χ0v) is 13.6. The number of benzene rings is 1. The molecular weight excluding hydrogens is 272 g/mol. The van der Waals surface area contributed by atoms with Crippen LogP contribution < -0.4 is 0 Å². The topological polar surface area (TPSA) is 24.3 Å². The minimum Gasteiger partial charge on any atom is -0.357 e. The predicted molar refractivity (Wildman–Crippen MR) is 89.1 cm³/mol. The van der Waals surface area contributed by atoms with E-state index >= 15 is 0 Å². The second-order valence-electron chi connectivity index (χ2n) is 6.00. The first kappa shape index (κ1) is 14.7. The smallest absolute Gasteiger partial charge is 0.0900 e. The highest BCUT2D eigenvalue weighted by atomic mass is 15.4. The summed E-state index contributed by atoms with van der Waals surface area (Å²) in [5.74, 6) is 0. The molecule has 4 heteroatoms. The van der Waals surface area contributed by atoms with Crippen LogP contribution in [0.3, 0.4) is 0 Å². The van der Waals surface area contributed by atoms with E-state index in [1.54, 1.807) is 0 Å². The monoisotopic (exact) mass is 296 g/mol. The lowest BCUT2D eigenvalue weighted by atomic mass is 10.1. The third-order valence-electron chi connectivity index (χ3n) is 4.30. The molecule has 0 amide bonds. The van der Waals surface area contributed by atoms with Crippen molar-refractivity contribution in [3.8, 4) is 0 Å². The molecule has 0 N–H and O–H groups in total. The SMILES string of the molecule is Cc1cc(C)n(CCN2C=CN([C@@H](C)c3ccccc3)C2)n1. The fourth-order valence-corrected chi connectivity index (χ4v) is 2.93. The molecular formula is C18H24N4. The van der Waals surface area contributed by atoms with E-state index in [1.807, 2.05) is 6.92 Å². The van der Waals surface area contributed by atoms with Gasteiger partial charge < -0.3 is 9.80 Å². The first-order valence-electron chi connectivity index (χ1n) is 7.87. The Morgan fingerprint density at radius 2 is 1.86 bits per heavy atom. The number of hydrogen-bond acceptors (Lipinski definition) is 3. The molecule has 1 aliphatic heterocycles. The molecule has 1 aromatic carbocycles. The van der Waals surface area contributed by atoms with E-state index in [9.17, 15) is 0 Å². The maximum absolute atomic E-state index is 4.53. The zero-order chi connectivity index (χ0) is 15.5. The van der Waals surface area contributed by atoms with Crippen molar-refractivity contribution in [1.82, 2.24) is 19.6 Å². The van der Waals surface area contributed by atoms with Crippen LogP contribution in [0.15, 0.2) is 48.8 Å². The van der Waals surface area contributed by atoms with E-state index in [0.717, 1.165) is 25.5 Å². The first-order valence-corrected chi connectivity index (χ1v) is 7.87. The van der Waals surface area contributed by atoms with Crippen LogP contribution in [0.1, 0.15) is 29.9 Å². The Hall–Kier alpha value is -2.23. The van der Waals surface area contributed by atoms with E-state index in [4.69, 9.17) is 0 Å². The van der Waals surface area contributed by atoms with Gasteiger partial charge in [0.1, 0.15) is 0 Å². The highest BCUT2D eigenvalue weighted by molar-refractivity contribution is 5.19. The Bertz CT molecular complexity index is 644. The van der Waals surface area contributed by atoms with Crippen molar-refractivity contribution in [2.75, 3.05) is 13.2 Å². The lowest BCUT2D eigenvalue weighted by molar-refractivity contribution is 0.216. The van der Waals surface area contributed by atoms with Gasteiger partial charge >= 0.3 is 0 Å².